The summed E-state index contributed by atoms with van der Waals surface area (Å²) in [6, 6.07) is 8.65. The normalized spacial score (nSPS) is 10.6. The number of para-hydroxylation sites is 1. The first kappa shape index (κ1) is 19.4. The maximum Gasteiger partial charge on any atom is 0.306 e. The van der Waals surface area contributed by atoms with Crippen molar-refractivity contribution in [1.29, 1.82) is 0 Å². The summed E-state index contributed by atoms with van der Waals surface area (Å²) in [6.45, 7) is 2.55. The maximum absolute atomic E-state index is 12.1. The first-order valence-electron chi connectivity index (χ1n) is 8.35. The van der Waals surface area contributed by atoms with Crippen LogP contribution in [0, 0.1) is 17.0 Å². The van der Waals surface area contributed by atoms with Crippen LogP contribution >= 0.6 is 11.6 Å². The summed E-state index contributed by atoms with van der Waals surface area (Å²) in [5.41, 5.74) is 0.798. The number of aromatic nitrogens is 2. The Bertz CT molecular complexity index is 977. The Morgan fingerprint density at radius 1 is 1.39 bits per heavy atom. The number of nitrogens with one attached hydrogen (secondary N) is 1. The van der Waals surface area contributed by atoms with Crippen LogP contribution in [-0.2, 0) is 13.2 Å². The summed E-state index contributed by atoms with van der Waals surface area (Å²) in [5.74, 6) is 0.787. The van der Waals surface area contributed by atoms with E-state index in [0.717, 1.165) is 11.8 Å². The molecule has 0 unspecified atom stereocenters. The lowest BCUT2D eigenvalue weighted by molar-refractivity contribution is -0.385. The van der Waals surface area contributed by atoms with E-state index < -0.39 is 10.8 Å². The van der Waals surface area contributed by atoms with Gasteiger partial charge in [0.05, 0.1) is 16.5 Å². The Morgan fingerprint density at radius 3 is 2.93 bits per heavy atom. The molecule has 2 aromatic heterocycles. The molecular weight excluding hydrogens is 388 g/mol. The van der Waals surface area contributed by atoms with Crippen molar-refractivity contribution < 1.29 is 18.9 Å². The molecule has 1 N–H and O–H groups in total. The van der Waals surface area contributed by atoms with Crippen LogP contribution in [0.3, 0.4) is 0 Å². The van der Waals surface area contributed by atoms with Gasteiger partial charge in [-0.05, 0) is 30.7 Å². The number of carbonyl (C=O) groups excluding carboxylic acids is 1. The number of ether oxygens (including phenoxy) is 1. The number of benzene rings is 1. The Hall–Kier alpha value is -3.33. The number of furan rings is 1. The van der Waals surface area contributed by atoms with Crippen LogP contribution < -0.4 is 10.1 Å². The molecule has 0 saturated carbocycles. The SMILES string of the molecule is Cc1cccc(Cl)c1OCc1ccc(C(=O)NCCn2cc([N+](=O)[O-])cn2)o1. The number of carbonyl (C=O) groups is 1. The lowest BCUT2D eigenvalue weighted by atomic mass is 10.2. The predicted molar refractivity (Wildman–Crippen MR) is 100 cm³/mol. The van der Waals surface area contributed by atoms with E-state index in [4.69, 9.17) is 20.8 Å². The second-order valence-corrected chi connectivity index (χ2v) is 6.32. The van der Waals surface area contributed by atoms with Crippen molar-refractivity contribution in [1.82, 2.24) is 15.1 Å². The van der Waals surface area contributed by atoms with Crippen LogP contribution in [0.25, 0.3) is 0 Å². The summed E-state index contributed by atoms with van der Waals surface area (Å²) in [7, 11) is 0. The van der Waals surface area contributed by atoms with Gasteiger partial charge in [0.15, 0.2) is 5.76 Å². The second kappa shape index (κ2) is 8.57. The van der Waals surface area contributed by atoms with Crippen LogP contribution in [0.15, 0.2) is 47.1 Å². The van der Waals surface area contributed by atoms with Gasteiger partial charge in [0, 0.05) is 6.54 Å². The van der Waals surface area contributed by atoms with Gasteiger partial charge in [-0.3, -0.25) is 19.6 Å². The van der Waals surface area contributed by atoms with Crippen LogP contribution in [0.1, 0.15) is 21.9 Å². The molecule has 9 nitrogen and oxygen atoms in total. The van der Waals surface area contributed by atoms with Crippen molar-refractivity contribution in [2.75, 3.05) is 6.54 Å². The lowest BCUT2D eigenvalue weighted by Gasteiger charge is -2.09. The molecule has 0 aliphatic rings. The molecule has 0 atom stereocenters. The zero-order valence-electron chi connectivity index (χ0n) is 14.9. The first-order chi connectivity index (χ1) is 13.4. The van der Waals surface area contributed by atoms with Gasteiger partial charge in [-0.2, -0.15) is 5.10 Å². The molecule has 0 bridgehead atoms. The topological polar surface area (TPSA) is 112 Å². The molecule has 0 saturated heterocycles. The fraction of sp³-hybridized carbons (Fsp3) is 0.222. The summed E-state index contributed by atoms with van der Waals surface area (Å²) in [4.78, 5) is 22.2. The molecule has 146 valence electrons. The molecule has 3 aromatic rings. The number of aryl methyl sites for hydroxylation is 1. The molecule has 0 aliphatic heterocycles. The van der Waals surface area contributed by atoms with Crippen LogP contribution in [0.5, 0.6) is 5.75 Å². The van der Waals surface area contributed by atoms with Crippen molar-refractivity contribution in [2.24, 2.45) is 0 Å². The smallest absolute Gasteiger partial charge is 0.306 e. The molecule has 3 rings (SSSR count). The molecule has 1 amide bonds. The van der Waals surface area contributed by atoms with Gasteiger partial charge in [0.25, 0.3) is 5.91 Å². The largest absolute Gasteiger partial charge is 0.484 e. The molecule has 0 spiro atoms. The van der Waals surface area contributed by atoms with Gasteiger partial charge < -0.3 is 14.5 Å². The van der Waals surface area contributed by atoms with E-state index in [1.165, 1.54) is 10.9 Å². The molecule has 2 heterocycles. The molecule has 10 heteroatoms. The van der Waals surface area contributed by atoms with Crippen LogP contribution in [0.2, 0.25) is 5.02 Å². The van der Waals surface area contributed by atoms with Crippen molar-refractivity contribution in [2.45, 2.75) is 20.1 Å². The van der Waals surface area contributed by atoms with E-state index in [1.807, 2.05) is 19.1 Å². The molecule has 0 fully saturated rings. The minimum Gasteiger partial charge on any atom is -0.484 e. The highest BCUT2D eigenvalue weighted by atomic mass is 35.5. The van der Waals surface area contributed by atoms with E-state index in [0.29, 0.717) is 23.1 Å². The van der Waals surface area contributed by atoms with Gasteiger partial charge in [-0.1, -0.05) is 23.7 Å². The van der Waals surface area contributed by atoms with Gasteiger partial charge in [0.1, 0.15) is 30.5 Å². The summed E-state index contributed by atoms with van der Waals surface area (Å²) in [6.07, 6.45) is 2.45. The van der Waals surface area contributed by atoms with Crippen LogP contribution in [-0.4, -0.2) is 27.2 Å². The van der Waals surface area contributed by atoms with Gasteiger partial charge >= 0.3 is 5.69 Å². The highest BCUT2D eigenvalue weighted by Gasteiger charge is 2.13. The molecule has 0 radical (unpaired) electrons. The third-order valence-electron chi connectivity index (χ3n) is 3.86. The van der Waals surface area contributed by atoms with Crippen molar-refractivity contribution in [3.63, 3.8) is 0 Å². The fourth-order valence-corrected chi connectivity index (χ4v) is 2.74. The summed E-state index contributed by atoms with van der Waals surface area (Å²) in [5, 5.41) is 17.6. The van der Waals surface area contributed by atoms with Gasteiger partial charge in [0.2, 0.25) is 0 Å². The molecular formula is C18H17ClN4O5. The number of hydrogen-bond acceptors (Lipinski definition) is 6. The summed E-state index contributed by atoms with van der Waals surface area (Å²) >= 11 is 6.11. The number of hydrogen-bond donors (Lipinski definition) is 1. The van der Waals surface area contributed by atoms with E-state index in [9.17, 15) is 14.9 Å². The number of nitrogens with zero attached hydrogens (tertiary/aromatic N) is 3. The average Bonchev–Trinajstić information content (AvgIpc) is 3.31. The van der Waals surface area contributed by atoms with E-state index in [1.54, 1.807) is 18.2 Å². The average molecular weight is 405 g/mol. The van der Waals surface area contributed by atoms with Gasteiger partial charge in [-0.25, -0.2) is 0 Å². The van der Waals surface area contributed by atoms with E-state index >= 15 is 0 Å². The van der Waals surface area contributed by atoms with Crippen LogP contribution in [0.4, 0.5) is 5.69 Å². The quantitative estimate of drug-likeness (QED) is 0.455. The zero-order chi connectivity index (χ0) is 20.1. The number of rotatable bonds is 8. The number of amides is 1. The van der Waals surface area contributed by atoms with E-state index in [2.05, 4.69) is 10.4 Å². The predicted octanol–water partition coefficient (Wildman–Crippen LogP) is 3.36. The van der Waals surface area contributed by atoms with Crippen molar-refractivity contribution >= 4 is 23.2 Å². The third-order valence-corrected chi connectivity index (χ3v) is 4.16. The molecule has 28 heavy (non-hydrogen) atoms. The number of halogens is 1. The highest BCUT2D eigenvalue weighted by Crippen LogP contribution is 2.28. The van der Waals surface area contributed by atoms with Crippen molar-refractivity contribution in [3.8, 4) is 5.75 Å². The van der Waals surface area contributed by atoms with Gasteiger partial charge in [-0.15, -0.1) is 0 Å². The summed E-state index contributed by atoms with van der Waals surface area (Å²) < 4.78 is 12.6. The Balaban J connectivity index is 1.50. The number of nitro groups is 1. The monoisotopic (exact) mass is 404 g/mol. The Kier molecular flexibility index (Phi) is 5.95. The van der Waals surface area contributed by atoms with E-state index in [-0.39, 0.29) is 24.6 Å². The molecule has 0 aliphatic carbocycles. The fourth-order valence-electron chi connectivity index (χ4n) is 2.46. The standard InChI is InChI=1S/C18H17ClN4O5/c1-12-3-2-4-15(19)17(12)27-11-14-5-6-16(28-14)18(24)20-7-8-22-10-13(9-21-22)23(25)26/h2-6,9-10H,7-8,11H2,1H3,(H,20,24). The second-order valence-electron chi connectivity index (χ2n) is 5.92. The Labute approximate surface area is 165 Å². The first-order valence-corrected chi connectivity index (χ1v) is 8.73. The maximum atomic E-state index is 12.1. The molecule has 1 aromatic carbocycles. The lowest BCUT2D eigenvalue weighted by Crippen LogP contribution is -2.27. The minimum atomic E-state index is -0.529. The Morgan fingerprint density at radius 2 is 2.21 bits per heavy atom. The minimum absolute atomic E-state index is 0.101. The highest BCUT2D eigenvalue weighted by molar-refractivity contribution is 6.32. The third kappa shape index (κ3) is 4.68. The van der Waals surface area contributed by atoms with Crippen molar-refractivity contribution in [3.05, 3.63) is 74.9 Å². The zero-order valence-corrected chi connectivity index (χ0v) is 15.7.